The molecule has 0 amide bonds. The molecule has 0 bridgehead atoms. The summed E-state index contributed by atoms with van der Waals surface area (Å²) in [4.78, 5) is 2.37. The molecule has 2 heteroatoms. The minimum atomic E-state index is -0.257. The molecule has 2 nitrogen and oxygen atoms in total. The second-order valence-electron chi connectivity index (χ2n) is 4.13. The van der Waals surface area contributed by atoms with Gasteiger partial charge in [0, 0.05) is 13.1 Å². The van der Waals surface area contributed by atoms with E-state index in [1.807, 2.05) is 0 Å². The standard InChI is InChI=1S/C8H13NO/c10-8(3-1-2-4-8)7-5-9(7)6-7/h10H,1-6H2. The lowest BCUT2D eigenvalue weighted by molar-refractivity contribution is 0.0310. The van der Waals surface area contributed by atoms with Gasteiger partial charge in [0.25, 0.3) is 0 Å². The Kier molecular flexibility index (Phi) is 0.710. The number of aliphatic hydroxyl groups is 1. The molecule has 3 aliphatic rings. The van der Waals surface area contributed by atoms with Crippen molar-refractivity contribution in [3.8, 4) is 0 Å². The van der Waals surface area contributed by atoms with Gasteiger partial charge in [-0.05, 0) is 12.8 Å². The summed E-state index contributed by atoms with van der Waals surface area (Å²) in [6.45, 7) is 2.37. The average Bonchev–Trinajstić information content (AvgIpc) is 2.65. The molecule has 3 rings (SSSR count). The van der Waals surface area contributed by atoms with E-state index in [4.69, 9.17) is 0 Å². The van der Waals surface area contributed by atoms with Crippen LogP contribution in [0, 0.1) is 0 Å². The molecule has 10 heavy (non-hydrogen) atoms. The third kappa shape index (κ3) is 0.424. The molecule has 2 saturated heterocycles. The first kappa shape index (κ1) is 5.56. The predicted molar refractivity (Wildman–Crippen MR) is 37.7 cm³/mol. The van der Waals surface area contributed by atoms with Crippen molar-refractivity contribution >= 4 is 0 Å². The lowest BCUT2D eigenvalue weighted by Crippen LogP contribution is -2.38. The van der Waals surface area contributed by atoms with Gasteiger partial charge >= 0.3 is 0 Å². The first-order valence-electron chi connectivity index (χ1n) is 4.24. The highest BCUT2D eigenvalue weighted by atomic mass is 16.3. The van der Waals surface area contributed by atoms with Gasteiger partial charge in [-0.2, -0.15) is 0 Å². The highest BCUT2D eigenvalue weighted by Gasteiger charge is 2.77. The Bertz CT molecular complexity index is 178. The van der Waals surface area contributed by atoms with E-state index in [0.717, 1.165) is 12.8 Å². The minimum Gasteiger partial charge on any atom is -0.388 e. The molecule has 0 atom stereocenters. The van der Waals surface area contributed by atoms with E-state index in [1.54, 1.807) is 0 Å². The molecule has 2 aliphatic heterocycles. The number of hydrogen-bond donors (Lipinski definition) is 1. The van der Waals surface area contributed by atoms with Gasteiger partial charge in [0.1, 0.15) is 0 Å². The molecule has 0 spiro atoms. The van der Waals surface area contributed by atoms with Gasteiger partial charge in [-0.15, -0.1) is 0 Å². The maximum atomic E-state index is 10.1. The fourth-order valence-corrected chi connectivity index (χ4v) is 2.53. The summed E-state index contributed by atoms with van der Waals surface area (Å²) in [5, 5.41) is 10.1. The summed E-state index contributed by atoms with van der Waals surface area (Å²) in [5.74, 6) is 0. The topological polar surface area (TPSA) is 23.2 Å². The van der Waals surface area contributed by atoms with Crippen molar-refractivity contribution in [3.63, 3.8) is 0 Å². The minimum absolute atomic E-state index is 0.257. The Morgan fingerprint density at radius 2 is 1.60 bits per heavy atom. The number of nitrogens with zero attached hydrogens (tertiary/aromatic N) is 1. The van der Waals surface area contributed by atoms with Gasteiger partial charge in [-0.1, -0.05) is 12.8 Å². The Morgan fingerprint density at radius 1 is 1.10 bits per heavy atom. The number of hydrogen-bond acceptors (Lipinski definition) is 2. The van der Waals surface area contributed by atoms with Crippen LogP contribution in [0.3, 0.4) is 0 Å². The van der Waals surface area contributed by atoms with Gasteiger partial charge in [0.15, 0.2) is 0 Å². The fourth-order valence-electron chi connectivity index (χ4n) is 2.53. The maximum Gasteiger partial charge on any atom is 0.0855 e. The zero-order valence-corrected chi connectivity index (χ0v) is 6.14. The van der Waals surface area contributed by atoms with E-state index < -0.39 is 0 Å². The van der Waals surface area contributed by atoms with Gasteiger partial charge in [-0.25, -0.2) is 0 Å². The van der Waals surface area contributed by atoms with Crippen LogP contribution in [0.1, 0.15) is 25.7 Å². The first-order chi connectivity index (χ1) is 4.77. The summed E-state index contributed by atoms with van der Waals surface area (Å²) >= 11 is 0. The molecule has 1 aliphatic carbocycles. The lowest BCUT2D eigenvalue weighted by Gasteiger charge is -2.23. The second kappa shape index (κ2) is 1.28. The Morgan fingerprint density at radius 3 is 2.00 bits per heavy atom. The average molecular weight is 139 g/mol. The molecule has 0 aromatic carbocycles. The van der Waals surface area contributed by atoms with E-state index >= 15 is 0 Å². The van der Waals surface area contributed by atoms with Crippen LogP contribution in [0.25, 0.3) is 0 Å². The molecule has 56 valence electrons. The largest absolute Gasteiger partial charge is 0.388 e. The van der Waals surface area contributed by atoms with Crippen LogP contribution in [-0.4, -0.2) is 34.2 Å². The summed E-state index contributed by atoms with van der Waals surface area (Å²) in [6, 6.07) is 0. The quantitative estimate of drug-likeness (QED) is 0.530. The van der Waals surface area contributed by atoms with Crippen LogP contribution >= 0.6 is 0 Å². The fraction of sp³-hybridized carbons (Fsp3) is 1.00. The van der Waals surface area contributed by atoms with Crippen LogP contribution in [0.2, 0.25) is 0 Å². The third-order valence-corrected chi connectivity index (χ3v) is 3.60. The monoisotopic (exact) mass is 139 g/mol. The van der Waals surface area contributed by atoms with Crippen molar-refractivity contribution in [3.05, 3.63) is 0 Å². The van der Waals surface area contributed by atoms with Crippen molar-refractivity contribution in [1.82, 2.24) is 4.90 Å². The SMILES string of the molecule is OC1(C23CN2C3)CCCC1. The van der Waals surface area contributed by atoms with Crippen LogP contribution in [0.4, 0.5) is 0 Å². The molecule has 1 saturated carbocycles. The van der Waals surface area contributed by atoms with Gasteiger partial charge in [-0.3, -0.25) is 4.90 Å². The van der Waals surface area contributed by atoms with E-state index in [-0.39, 0.29) is 5.60 Å². The summed E-state index contributed by atoms with van der Waals surface area (Å²) in [6.07, 6.45) is 4.60. The smallest absolute Gasteiger partial charge is 0.0855 e. The molecule has 0 unspecified atom stereocenters. The molecule has 3 fully saturated rings. The first-order valence-corrected chi connectivity index (χ1v) is 4.24. The van der Waals surface area contributed by atoms with Gasteiger partial charge < -0.3 is 5.11 Å². The normalized spacial score (nSPS) is 54.3. The molecule has 0 aromatic rings. The van der Waals surface area contributed by atoms with Crippen molar-refractivity contribution in [1.29, 1.82) is 0 Å². The number of fused-ring (bicyclic) bond motifs is 1. The van der Waals surface area contributed by atoms with Crippen molar-refractivity contribution in [2.45, 2.75) is 36.8 Å². The van der Waals surface area contributed by atoms with Crippen LogP contribution in [0.5, 0.6) is 0 Å². The van der Waals surface area contributed by atoms with E-state index in [0.29, 0.717) is 5.54 Å². The summed E-state index contributed by atoms with van der Waals surface area (Å²) < 4.78 is 0. The molecule has 0 radical (unpaired) electrons. The van der Waals surface area contributed by atoms with Crippen LogP contribution in [-0.2, 0) is 0 Å². The lowest BCUT2D eigenvalue weighted by atomic mass is 9.89. The zero-order chi connectivity index (χ0) is 6.82. The highest BCUT2D eigenvalue weighted by molar-refractivity contribution is 5.34. The Hall–Kier alpha value is -0.0800. The number of rotatable bonds is 1. The molecular weight excluding hydrogens is 126 g/mol. The Labute approximate surface area is 60.8 Å². The van der Waals surface area contributed by atoms with Crippen molar-refractivity contribution in [2.75, 3.05) is 13.1 Å². The highest BCUT2D eigenvalue weighted by Crippen LogP contribution is 2.60. The Balaban J connectivity index is 1.88. The molecule has 2 heterocycles. The third-order valence-electron chi connectivity index (χ3n) is 3.60. The van der Waals surface area contributed by atoms with Crippen LogP contribution < -0.4 is 0 Å². The maximum absolute atomic E-state index is 10.1. The van der Waals surface area contributed by atoms with E-state index in [9.17, 15) is 5.11 Å². The molecule has 0 aromatic heterocycles. The predicted octanol–water partition coefficient (Wildman–Crippen LogP) is 0.359. The van der Waals surface area contributed by atoms with Gasteiger partial charge in [0.05, 0.1) is 11.1 Å². The van der Waals surface area contributed by atoms with Crippen LogP contribution in [0.15, 0.2) is 0 Å². The van der Waals surface area contributed by atoms with Crippen molar-refractivity contribution < 1.29 is 5.11 Å². The molecule has 1 N–H and O–H groups in total. The molecular formula is C8H13NO. The van der Waals surface area contributed by atoms with E-state index in [2.05, 4.69) is 4.90 Å². The van der Waals surface area contributed by atoms with Crippen molar-refractivity contribution in [2.24, 2.45) is 0 Å². The summed E-state index contributed by atoms with van der Waals surface area (Å²) in [5.41, 5.74) is 0.0660. The van der Waals surface area contributed by atoms with E-state index in [1.165, 1.54) is 25.9 Å². The second-order valence-corrected chi connectivity index (χ2v) is 4.13. The van der Waals surface area contributed by atoms with Gasteiger partial charge in [0.2, 0.25) is 0 Å². The zero-order valence-electron chi connectivity index (χ0n) is 6.14. The summed E-state index contributed by atoms with van der Waals surface area (Å²) in [7, 11) is 0.